The van der Waals surface area contributed by atoms with Crippen LogP contribution >= 0.6 is 11.6 Å². The first kappa shape index (κ1) is 24.4. The van der Waals surface area contributed by atoms with E-state index in [-0.39, 0.29) is 16.3 Å². The summed E-state index contributed by atoms with van der Waals surface area (Å²) in [5.74, 6) is 1.51. The van der Waals surface area contributed by atoms with Crippen molar-refractivity contribution in [1.29, 1.82) is 0 Å². The number of nitrogens with zero attached hydrogens (tertiary/aromatic N) is 2. The van der Waals surface area contributed by atoms with Gasteiger partial charge in [-0.3, -0.25) is 0 Å². The van der Waals surface area contributed by atoms with Crippen molar-refractivity contribution in [2.45, 2.75) is 19.8 Å². The second-order valence-electron chi connectivity index (χ2n) is 7.61. The molecule has 3 aromatic carbocycles. The molecular weight excluding hydrogens is 483 g/mol. The molecular formula is C25H21ClF3N3O3. The molecule has 0 aliphatic heterocycles. The zero-order chi connectivity index (χ0) is 25.2. The Morgan fingerprint density at radius 2 is 1.69 bits per heavy atom. The molecule has 0 radical (unpaired) electrons. The van der Waals surface area contributed by atoms with Crippen molar-refractivity contribution < 1.29 is 27.4 Å². The molecule has 0 atom stereocenters. The number of anilines is 1. The zero-order valence-electron chi connectivity index (χ0n) is 19.0. The number of hydrogen-bond donors (Lipinski definition) is 1. The first-order valence-electron chi connectivity index (χ1n) is 10.5. The number of aromatic nitrogens is 2. The van der Waals surface area contributed by atoms with Crippen LogP contribution in [0.4, 0.5) is 19.0 Å². The monoisotopic (exact) mass is 503 g/mol. The minimum Gasteiger partial charge on any atom is -0.497 e. The first-order valence-corrected chi connectivity index (χ1v) is 10.8. The smallest absolute Gasteiger partial charge is 0.497 e. The van der Waals surface area contributed by atoms with Gasteiger partial charge in [0.25, 0.3) is 0 Å². The van der Waals surface area contributed by atoms with Crippen LogP contribution in [0.25, 0.3) is 21.9 Å². The Morgan fingerprint density at radius 3 is 2.40 bits per heavy atom. The molecule has 0 aliphatic rings. The summed E-state index contributed by atoms with van der Waals surface area (Å²) < 4.78 is 53.7. The third-order valence-corrected chi connectivity index (χ3v) is 5.62. The van der Waals surface area contributed by atoms with Crippen LogP contribution in [0.5, 0.6) is 17.2 Å². The van der Waals surface area contributed by atoms with E-state index in [9.17, 15) is 13.2 Å². The highest BCUT2D eigenvalue weighted by Gasteiger charge is 2.32. The molecule has 182 valence electrons. The molecule has 6 nitrogen and oxygen atoms in total. The Bertz CT molecular complexity index is 1380. The molecule has 0 amide bonds. The summed E-state index contributed by atoms with van der Waals surface area (Å²) in [5.41, 5.74) is 2.21. The third-order valence-electron chi connectivity index (χ3n) is 5.38. The second kappa shape index (κ2) is 9.87. The van der Waals surface area contributed by atoms with Gasteiger partial charge in [0.15, 0.2) is 5.82 Å². The topological polar surface area (TPSA) is 65.5 Å². The van der Waals surface area contributed by atoms with E-state index in [4.69, 9.17) is 21.1 Å². The van der Waals surface area contributed by atoms with E-state index in [1.807, 2.05) is 12.1 Å². The molecule has 0 aliphatic carbocycles. The highest BCUT2D eigenvalue weighted by Crippen LogP contribution is 2.38. The van der Waals surface area contributed by atoms with Crippen LogP contribution in [0.15, 0.2) is 54.6 Å². The Kier molecular flexibility index (Phi) is 6.88. The Balaban J connectivity index is 1.70. The van der Waals surface area contributed by atoms with Crippen LogP contribution in [-0.2, 0) is 6.54 Å². The lowest BCUT2D eigenvalue weighted by Gasteiger charge is -2.16. The van der Waals surface area contributed by atoms with Gasteiger partial charge in [0.05, 0.1) is 19.9 Å². The van der Waals surface area contributed by atoms with Crippen LogP contribution in [0, 0.1) is 6.92 Å². The highest BCUT2D eigenvalue weighted by molar-refractivity contribution is 6.31. The van der Waals surface area contributed by atoms with Gasteiger partial charge in [0.2, 0.25) is 0 Å². The van der Waals surface area contributed by atoms with Crippen molar-refractivity contribution in [3.05, 3.63) is 70.9 Å². The van der Waals surface area contributed by atoms with Crippen LogP contribution in [0.2, 0.25) is 5.02 Å². The minimum absolute atomic E-state index is 0.213. The summed E-state index contributed by atoms with van der Waals surface area (Å²) >= 11 is 6.07. The molecule has 0 unspecified atom stereocenters. The molecule has 0 saturated carbocycles. The largest absolute Gasteiger partial charge is 0.573 e. The number of nitrogens with one attached hydrogen (secondary N) is 1. The van der Waals surface area contributed by atoms with Crippen LogP contribution in [0.1, 0.15) is 11.3 Å². The Hall–Kier alpha value is -3.72. The number of methoxy groups -OCH3 is 2. The lowest BCUT2D eigenvalue weighted by Crippen LogP contribution is -2.17. The van der Waals surface area contributed by atoms with Crippen molar-refractivity contribution in [3.63, 3.8) is 0 Å². The SMILES string of the molecule is COc1ccc(CNc2nnc(C)c3cc(-c4cc(Cl)ccc4OC(F)(F)F)ccc23)c(OC)c1. The molecule has 0 fully saturated rings. The summed E-state index contributed by atoms with van der Waals surface area (Å²) in [7, 11) is 3.16. The van der Waals surface area contributed by atoms with Crippen molar-refractivity contribution in [2.75, 3.05) is 19.5 Å². The third kappa shape index (κ3) is 5.51. The average Bonchev–Trinajstić information content (AvgIpc) is 2.83. The number of halogens is 4. The van der Waals surface area contributed by atoms with E-state index in [0.717, 1.165) is 16.3 Å². The van der Waals surface area contributed by atoms with Crippen molar-refractivity contribution in [3.8, 4) is 28.4 Å². The highest BCUT2D eigenvalue weighted by atomic mass is 35.5. The fourth-order valence-corrected chi connectivity index (χ4v) is 3.87. The van der Waals surface area contributed by atoms with Crippen molar-refractivity contribution >= 4 is 28.2 Å². The summed E-state index contributed by atoms with van der Waals surface area (Å²) in [6.45, 7) is 2.18. The van der Waals surface area contributed by atoms with Gasteiger partial charge >= 0.3 is 6.36 Å². The predicted molar refractivity (Wildman–Crippen MR) is 128 cm³/mol. The number of alkyl halides is 3. The normalized spacial score (nSPS) is 11.4. The number of benzene rings is 3. The van der Waals surface area contributed by atoms with E-state index in [1.54, 1.807) is 45.4 Å². The van der Waals surface area contributed by atoms with Gasteiger partial charge in [0, 0.05) is 39.5 Å². The Morgan fingerprint density at radius 1 is 0.886 bits per heavy atom. The van der Waals surface area contributed by atoms with Crippen molar-refractivity contribution in [2.24, 2.45) is 0 Å². The fraction of sp³-hybridized carbons (Fsp3) is 0.200. The van der Waals surface area contributed by atoms with E-state index in [2.05, 4.69) is 20.3 Å². The van der Waals surface area contributed by atoms with Crippen LogP contribution < -0.4 is 19.5 Å². The summed E-state index contributed by atoms with van der Waals surface area (Å²) in [4.78, 5) is 0. The molecule has 10 heteroatoms. The van der Waals surface area contributed by atoms with Crippen LogP contribution in [0.3, 0.4) is 0 Å². The molecule has 4 aromatic rings. The lowest BCUT2D eigenvalue weighted by molar-refractivity contribution is -0.274. The quantitative estimate of drug-likeness (QED) is 0.299. The molecule has 0 bridgehead atoms. The van der Waals surface area contributed by atoms with E-state index in [1.165, 1.54) is 18.2 Å². The zero-order valence-corrected chi connectivity index (χ0v) is 19.8. The van der Waals surface area contributed by atoms with Gasteiger partial charge in [0.1, 0.15) is 17.2 Å². The number of rotatable bonds is 7. The lowest BCUT2D eigenvalue weighted by atomic mass is 10.00. The average molecular weight is 504 g/mol. The van der Waals surface area contributed by atoms with Gasteiger partial charge in [-0.05, 0) is 55.0 Å². The predicted octanol–water partition coefficient (Wildman–Crippen LogP) is 6.79. The number of fused-ring (bicyclic) bond motifs is 1. The van der Waals surface area contributed by atoms with Gasteiger partial charge in [-0.1, -0.05) is 17.7 Å². The van der Waals surface area contributed by atoms with Gasteiger partial charge in [-0.15, -0.1) is 18.3 Å². The fourth-order valence-electron chi connectivity index (χ4n) is 3.70. The summed E-state index contributed by atoms with van der Waals surface area (Å²) in [6.07, 6.45) is -4.83. The maximum Gasteiger partial charge on any atom is 0.573 e. The minimum atomic E-state index is -4.83. The summed E-state index contributed by atoms with van der Waals surface area (Å²) in [5, 5.41) is 13.5. The second-order valence-corrected chi connectivity index (χ2v) is 8.05. The maximum atomic E-state index is 12.9. The number of aryl methyl sites for hydroxylation is 1. The molecule has 1 N–H and O–H groups in total. The number of ether oxygens (including phenoxy) is 3. The van der Waals surface area contributed by atoms with E-state index >= 15 is 0 Å². The van der Waals surface area contributed by atoms with E-state index < -0.39 is 6.36 Å². The van der Waals surface area contributed by atoms with Gasteiger partial charge in [-0.25, -0.2) is 0 Å². The van der Waals surface area contributed by atoms with E-state index in [0.29, 0.717) is 35.1 Å². The molecule has 0 spiro atoms. The molecule has 1 aromatic heterocycles. The summed E-state index contributed by atoms with van der Waals surface area (Å²) in [6, 6.07) is 14.7. The Labute approximate surface area is 204 Å². The van der Waals surface area contributed by atoms with Gasteiger partial charge in [-0.2, -0.15) is 5.10 Å². The molecule has 1 heterocycles. The molecule has 0 saturated heterocycles. The number of hydrogen-bond acceptors (Lipinski definition) is 6. The van der Waals surface area contributed by atoms with Gasteiger partial charge < -0.3 is 19.5 Å². The first-order chi connectivity index (χ1) is 16.7. The standard InChI is InChI=1S/C25H21ClF3N3O3/c1-14-20-10-15(21-11-17(26)6-9-22(21)35-25(27,28)29)5-8-19(20)24(32-31-14)30-13-16-4-7-18(33-2)12-23(16)34-3/h4-12H,13H2,1-3H3,(H,30,32). The molecule has 35 heavy (non-hydrogen) atoms. The van der Waals surface area contributed by atoms with Crippen LogP contribution in [-0.4, -0.2) is 30.8 Å². The van der Waals surface area contributed by atoms with Crippen molar-refractivity contribution in [1.82, 2.24) is 10.2 Å². The maximum absolute atomic E-state index is 12.9. The molecule has 4 rings (SSSR count).